The van der Waals surface area contributed by atoms with Gasteiger partial charge in [-0.3, -0.25) is 0 Å². The number of benzene rings is 3. The van der Waals surface area contributed by atoms with Gasteiger partial charge in [0.05, 0.1) is 0 Å². The highest BCUT2D eigenvalue weighted by Crippen LogP contribution is 2.43. The fraction of sp³-hybridized carbons (Fsp3) is 0.250. The normalized spacial score (nSPS) is 13.9. The molecule has 2 nitrogen and oxygen atoms in total. The van der Waals surface area contributed by atoms with E-state index in [1.165, 1.54) is 33.1 Å². The second-order valence-corrected chi connectivity index (χ2v) is 8.66. The SMILES string of the molecule is Cc1c2c3c(c(C)c1C(C)(C)C)Oc1ccccc1B3c1ccccc1O2. The summed E-state index contributed by atoms with van der Waals surface area (Å²) in [5.74, 6) is 3.84. The first-order valence-electron chi connectivity index (χ1n) is 9.59. The number of fused-ring (bicyclic) bond motifs is 4. The van der Waals surface area contributed by atoms with Crippen molar-refractivity contribution >= 4 is 23.1 Å². The third kappa shape index (κ3) is 2.21. The second kappa shape index (κ2) is 5.42. The Labute approximate surface area is 161 Å². The highest BCUT2D eigenvalue weighted by molar-refractivity contribution is 6.98. The summed E-state index contributed by atoms with van der Waals surface area (Å²) in [7, 11) is 0. The average Bonchev–Trinajstić information content (AvgIpc) is 2.64. The molecular formula is C24H23BO2. The second-order valence-electron chi connectivity index (χ2n) is 8.66. The molecule has 0 amide bonds. The Bertz CT molecular complexity index is 1020. The van der Waals surface area contributed by atoms with E-state index >= 15 is 0 Å². The Morgan fingerprint density at radius 3 is 1.59 bits per heavy atom. The van der Waals surface area contributed by atoms with Crippen molar-refractivity contribution in [2.75, 3.05) is 0 Å². The largest absolute Gasteiger partial charge is 0.458 e. The molecular weight excluding hydrogens is 331 g/mol. The van der Waals surface area contributed by atoms with Crippen molar-refractivity contribution in [3.05, 3.63) is 65.2 Å². The van der Waals surface area contributed by atoms with E-state index in [1.54, 1.807) is 0 Å². The lowest BCUT2D eigenvalue weighted by atomic mass is 9.34. The fourth-order valence-electron chi connectivity index (χ4n) is 4.99. The van der Waals surface area contributed by atoms with Crippen LogP contribution in [-0.2, 0) is 5.41 Å². The van der Waals surface area contributed by atoms with E-state index in [9.17, 15) is 0 Å². The Balaban J connectivity index is 1.91. The molecule has 2 aliphatic heterocycles. The highest BCUT2D eigenvalue weighted by Gasteiger charge is 2.42. The van der Waals surface area contributed by atoms with Crippen LogP contribution in [0.4, 0.5) is 0 Å². The van der Waals surface area contributed by atoms with Gasteiger partial charge in [-0.2, -0.15) is 0 Å². The molecule has 0 aromatic heterocycles. The lowest BCUT2D eigenvalue weighted by Crippen LogP contribution is -2.58. The quantitative estimate of drug-likeness (QED) is 0.386. The van der Waals surface area contributed by atoms with Crippen LogP contribution in [0.3, 0.4) is 0 Å². The van der Waals surface area contributed by atoms with Crippen molar-refractivity contribution in [1.29, 1.82) is 0 Å². The molecule has 2 aliphatic rings. The predicted molar refractivity (Wildman–Crippen MR) is 112 cm³/mol. The number of hydrogen-bond acceptors (Lipinski definition) is 2. The minimum atomic E-state index is 0.00977. The Kier molecular flexibility index (Phi) is 3.31. The van der Waals surface area contributed by atoms with Gasteiger partial charge in [0.2, 0.25) is 0 Å². The zero-order valence-electron chi connectivity index (χ0n) is 16.5. The maximum atomic E-state index is 6.48. The standard InChI is InChI=1S/C24H23BO2/c1-14-20(24(3,4)5)15(2)23-21-22(14)26-18-12-8-6-10-16(18)25(21)17-11-7-9-13-19(17)27-23/h6-13H,1-5H3. The Morgan fingerprint density at radius 1 is 0.704 bits per heavy atom. The molecule has 3 aromatic carbocycles. The summed E-state index contributed by atoms with van der Waals surface area (Å²) >= 11 is 0. The van der Waals surface area contributed by atoms with E-state index in [0.29, 0.717) is 0 Å². The van der Waals surface area contributed by atoms with Crippen LogP contribution in [0.2, 0.25) is 0 Å². The van der Waals surface area contributed by atoms with Gasteiger partial charge >= 0.3 is 0 Å². The molecule has 3 heteroatoms. The van der Waals surface area contributed by atoms with Crippen LogP contribution in [0.1, 0.15) is 37.5 Å². The zero-order chi connectivity index (χ0) is 18.9. The lowest BCUT2D eigenvalue weighted by Gasteiger charge is -2.37. The third-order valence-corrected chi connectivity index (χ3v) is 5.84. The van der Waals surface area contributed by atoms with Gasteiger partial charge in [-0.05, 0) is 59.0 Å². The van der Waals surface area contributed by atoms with Crippen LogP contribution in [0.15, 0.2) is 48.5 Å². The van der Waals surface area contributed by atoms with Gasteiger partial charge in [0, 0.05) is 5.46 Å². The first kappa shape index (κ1) is 16.5. The number of hydrogen-bond donors (Lipinski definition) is 0. The lowest BCUT2D eigenvalue weighted by molar-refractivity contribution is 0.451. The maximum absolute atomic E-state index is 6.48. The van der Waals surface area contributed by atoms with Crippen LogP contribution >= 0.6 is 0 Å². The molecule has 134 valence electrons. The summed E-state index contributed by atoms with van der Waals surface area (Å²) in [5.41, 5.74) is 7.37. The number of ether oxygens (including phenoxy) is 2. The summed E-state index contributed by atoms with van der Waals surface area (Å²) in [5, 5.41) is 0. The van der Waals surface area contributed by atoms with Gasteiger partial charge < -0.3 is 9.47 Å². The molecule has 0 atom stereocenters. The fourth-order valence-corrected chi connectivity index (χ4v) is 4.99. The predicted octanol–water partition coefficient (Wildman–Crippen LogP) is 4.33. The monoisotopic (exact) mass is 354 g/mol. The van der Waals surface area contributed by atoms with Gasteiger partial charge in [0.25, 0.3) is 6.71 Å². The summed E-state index contributed by atoms with van der Waals surface area (Å²) in [6.07, 6.45) is 0. The molecule has 5 rings (SSSR count). The number of para-hydroxylation sites is 2. The van der Waals surface area contributed by atoms with E-state index in [2.05, 4.69) is 71.0 Å². The Hall–Kier alpha value is -2.68. The highest BCUT2D eigenvalue weighted by atomic mass is 16.5. The molecule has 0 aliphatic carbocycles. The van der Waals surface area contributed by atoms with Gasteiger partial charge in [-0.15, -0.1) is 0 Å². The van der Waals surface area contributed by atoms with Gasteiger partial charge in [-0.25, -0.2) is 0 Å². The maximum Gasteiger partial charge on any atom is 0.260 e. The molecule has 0 fully saturated rings. The van der Waals surface area contributed by atoms with Crippen LogP contribution in [-0.4, -0.2) is 6.71 Å². The molecule has 2 heterocycles. The summed E-state index contributed by atoms with van der Waals surface area (Å²) in [6, 6.07) is 16.8. The van der Waals surface area contributed by atoms with Gasteiger partial charge in [-0.1, -0.05) is 57.2 Å². The van der Waals surface area contributed by atoms with Crippen LogP contribution in [0.5, 0.6) is 23.0 Å². The Morgan fingerprint density at radius 2 is 1.15 bits per heavy atom. The van der Waals surface area contributed by atoms with Crippen molar-refractivity contribution in [2.24, 2.45) is 0 Å². The molecule has 0 unspecified atom stereocenters. The van der Waals surface area contributed by atoms with E-state index in [4.69, 9.17) is 9.47 Å². The minimum Gasteiger partial charge on any atom is -0.458 e. The van der Waals surface area contributed by atoms with Crippen LogP contribution < -0.4 is 25.9 Å². The smallest absolute Gasteiger partial charge is 0.260 e. The van der Waals surface area contributed by atoms with Crippen molar-refractivity contribution in [1.82, 2.24) is 0 Å². The van der Waals surface area contributed by atoms with Crippen molar-refractivity contribution in [3.8, 4) is 23.0 Å². The van der Waals surface area contributed by atoms with Gasteiger partial charge in [0.1, 0.15) is 23.0 Å². The first-order chi connectivity index (χ1) is 12.9. The van der Waals surface area contributed by atoms with E-state index in [1.807, 2.05) is 12.1 Å². The van der Waals surface area contributed by atoms with Crippen molar-refractivity contribution in [2.45, 2.75) is 40.0 Å². The van der Waals surface area contributed by atoms with E-state index in [0.717, 1.165) is 23.0 Å². The molecule has 0 saturated heterocycles. The van der Waals surface area contributed by atoms with Crippen molar-refractivity contribution in [3.63, 3.8) is 0 Å². The molecule has 0 saturated carbocycles. The molecule has 3 aromatic rings. The third-order valence-electron chi connectivity index (χ3n) is 5.84. The number of rotatable bonds is 0. The molecule has 0 bridgehead atoms. The topological polar surface area (TPSA) is 18.5 Å². The summed E-state index contributed by atoms with van der Waals surface area (Å²) in [4.78, 5) is 0. The minimum absolute atomic E-state index is 0.00977. The first-order valence-corrected chi connectivity index (χ1v) is 9.59. The molecule has 0 radical (unpaired) electrons. The molecule has 27 heavy (non-hydrogen) atoms. The van der Waals surface area contributed by atoms with Crippen LogP contribution in [0, 0.1) is 13.8 Å². The van der Waals surface area contributed by atoms with E-state index < -0.39 is 0 Å². The zero-order valence-corrected chi connectivity index (χ0v) is 16.5. The molecule has 0 N–H and O–H groups in total. The average molecular weight is 354 g/mol. The van der Waals surface area contributed by atoms with Gasteiger partial charge in [0.15, 0.2) is 0 Å². The van der Waals surface area contributed by atoms with Crippen LogP contribution in [0.25, 0.3) is 0 Å². The summed E-state index contributed by atoms with van der Waals surface area (Å²) in [6.45, 7) is 11.3. The van der Waals surface area contributed by atoms with Crippen molar-refractivity contribution < 1.29 is 9.47 Å². The molecule has 0 spiro atoms. The summed E-state index contributed by atoms with van der Waals surface area (Å²) < 4.78 is 13.0. The van der Waals surface area contributed by atoms with E-state index in [-0.39, 0.29) is 12.1 Å².